The molecule has 0 spiro atoms. The zero-order valence-corrected chi connectivity index (χ0v) is 12.4. The maximum atomic E-state index is 12.0. The van der Waals surface area contributed by atoms with Gasteiger partial charge in [0.05, 0.1) is 0 Å². The lowest BCUT2D eigenvalue weighted by Crippen LogP contribution is -1.98. The minimum absolute atomic E-state index is 0.202. The van der Waals surface area contributed by atoms with Crippen LogP contribution < -0.4 is 0 Å². The summed E-state index contributed by atoms with van der Waals surface area (Å²) >= 11 is 1.68. The van der Waals surface area contributed by atoms with Crippen molar-refractivity contribution in [1.29, 1.82) is 0 Å². The number of ketones is 1. The Morgan fingerprint density at radius 1 is 1.05 bits per heavy atom. The van der Waals surface area contributed by atoms with E-state index >= 15 is 0 Å². The van der Waals surface area contributed by atoms with E-state index < -0.39 is 0 Å². The highest BCUT2D eigenvalue weighted by Crippen LogP contribution is 2.33. The van der Waals surface area contributed by atoms with E-state index in [2.05, 4.69) is 32.0 Å². The summed E-state index contributed by atoms with van der Waals surface area (Å²) in [4.78, 5) is 14.2. The molecule has 0 aliphatic heterocycles. The van der Waals surface area contributed by atoms with E-state index in [1.54, 1.807) is 11.8 Å². The van der Waals surface area contributed by atoms with Crippen LogP contribution in [0.5, 0.6) is 0 Å². The largest absolute Gasteiger partial charge is 0.294 e. The van der Waals surface area contributed by atoms with Gasteiger partial charge in [0.15, 0.2) is 5.78 Å². The van der Waals surface area contributed by atoms with Crippen LogP contribution >= 0.6 is 11.8 Å². The van der Waals surface area contributed by atoms with Crippen molar-refractivity contribution in [2.45, 2.75) is 37.0 Å². The number of hydrogen-bond donors (Lipinski definition) is 0. The summed E-state index contributed by atoms with van der Waals surface area (Å²) in [5.74, 6) is 0.202. The van der Waals surface area contributed by atoms with Crippen LogP contribution in [0.1, 0.15) is 34.8 Å². The molecule has 0 amide bonds. The van der Waals surface area contributed by atoms with Gasteiger partial charge in [-0.05, 0) is 37.1 Å². The Kier molecular flexibility index (Phi) is 4.43. The molecule has 0 fully saturated rings. The third-order valence-corrected chi connectivity index (χ3v) is 4.31. The lowest BCUT2D eigenvalue weighted by Gasteiger charge is -2.10. The van der Waals surface area contributed by atoms with Crippen LogP contribution in [-0.2, 0) is 0 Å². The van der Waals surface area contributed by atoms with Crippen molar-refractivity contribution in [3.63, 3.8) is 0 Å². The molecule has 0 heterocycles. The predicted molar refractivity (Wildman–Crippen MR) is 81.1 cm³/mol. The number of carbonyl (C=O) groups excluding carboxylic acids is 1. The summed E-state index contributed by atoms with van der Waals surface area (Å²) in [6, 6.07) is 14.3. The van der Waals surface area contributed by atoms with Crippen molar-refractivity contribution in [1.82, 2.24) is 0 Å². The average Bonchev–Trinajstić information content (AvgIpc) is 2.42. The van der Waals surface area contributed by atoms with E-state index in [1.165, 1.54) is 16.0 Å². The molecule has 0 aliphatic rings. The van der Waals surface area contributed by atoms with Gasteiger partial charge in [0.25, 0.3) is 0 Å². The molecule has 2 heteroatoms. The Labute approximate surface area is 119 Å². The van der Waals surface area contributed by atoms with Gasteiger partial charge in [0, 0.05) is 21.8 Å². The second-order valence-corrected chi connectivity index (χ2v) is 5.73. The van der Waals surface area contributed by atoms with Gasteiger partial charge in [0.2, 0.25) is 0 Å². The summed E-state index contributed by atoms with van der Waals surface area (Å²) in [5, 5.41) is 0. The third kappa shape index (κ3) is 3.27. The highest BCUT2D eigenvalue weighted by molar-refractivity contribution is 7.99. The first-order valence-electron chi connectivity index (χ1n) is 6.49. The van der Waals surface area contributed by atoms with Crippen LogP contribution in [0.4, 0.5) is 0 Å². The van der Waals surface area contributed by atoms with Gasteiger partial charge in [-0.25, -0.2) is 0 Å². The molecule has 1 nitrogen and oxygen atoms in total. The fourth-order valence-corrected chi connectivity index (χ4v) is 3.06. The number of benzene rings is 2. The van der Waals surface area contributed by atoms with E-state index in [9.17, 15) is 4.79 Å². The monoisotopic (exact) mass is 270 g/mol. The summed E-state index contributed by atoms with van der Waals surface area (Å²) in [6.07, 6.45) is 0.546. The third-order valence-electron chi connectivity index (χ3n) is 3.07. The Morgan fingerprint density at radius 2 is 1.79 bits per heavy atom. The number of aryl methyl sites for hydroxylation is 2. The first kappa shape index (κ1) is 13.9. The van der Waals surface area contributed by atoms with Crippen LogP contribution in [0.3, 0.4) is 0 Å². The van der Waals surface area contributed by atoms with E-state index in [0.717, 1.165) is 10.5 Å². The minimum atomic E-state index is 0.202. The Bertz CT molecular complexity index is 602. The molecular formula is C17H18OS. The molecule has 0 bridgehead atoms. The standard InChI is InChI=1S/C17H18OS/c1-4-15(18)14-7-5-6-8-16(14)19-17-11-12(2)9-10-13(17)3/h5-11H,4H2,1-3H3. The minimum Gasteiger partial charge on any atom is -0.294 e. The quantitative estimate of drug-likeness (QED) is 0.723. The SMILES string of the molecule is CCC(=O)c1ccccc1Sc1cc(C)ccc1C. The van der Waals surface area contributed by atoms with Gasteiger partial charge in [-0.15, -0.1) is 0 Å². The van der Waals surface area contributed by atoms with Crippen molar-refractivity contribution in [3.8, 4) is 0 Å². The molecule has 98 valence electrons. The second-order valence-electron chi connectivity index (χ2n) is 4.64. The number of Topliss-reactive ketones (excluding diaryl/α,β-unsaturated/α-hetero) is 1. The lowest BCUT2D eigenvalue weighted by atomic mass is 10.1. The Balaban J connectivity index is 2.38. The molecule has 0 N–H and O–H groups in total. The van der Waals surface area contributed by atoms with Gasteiger partial charge < -0.3 is 0 Å². The zero-order valence-electron chi connectivity index (χ0n) is 11.6. The topological polar surface area (TPSA) is 17.1 Å². The Morgan fingerprint density at radius 3 is 2.53 bits per heavy atom. The van der Waals surface area contributed by atoms with Gasteiger partial charge in [-0.2, -0.15) is 0 Å². The Hall–Kier alpha value is -1.54. The molecule has 0 atom stereocenters. The van der Waals surface area contributed by atoms with E-state index in [-0.39, 0.29) is 5.78 Å². The molecule has 0 saturated heterocycles. The predicted octanol–water partition coefficient (Wildman–Crippen LogP) is 5.05. The van der Waals surface area contributed by atoms with Crippen LogP contribution in [0.2, 0.25) is 0 Å². The zero-order chi connectivity index (χ0) is 13.8. The molecule has 0 aliphatic carbocycles. The van der Waals surface area contributed by atoms with Crippen LogP contribution in [0.25, 0.3) is 0 Å². The molecule has 2 aromatic rings. The fraction of sp³-hybridized carbons (Fsp3) is 0.235. The summed E-state index contributed by atoms with van der Waals surface area (Å²) in [6.45, 7) is 6.10. The summed E-state index contributed by atoms with van der Waals surface area (Å²) in [5.41, 5.74) is 3.32. The maximum absolute atomic E-state index is 12.0. The normalized spacial score (nSPS) is 10.5. The van der Waals surface area contributed by atoms with E-state index in [0.29, 0.717) is 6.42 Å². The summed E-state index contributed by atoms with van der Waals surface area (Å²) in [7, 11) is 0. The molecule has 0 saturated carbocycles. The first-order valence-corrected chi connectivity index (χ1v) is 7.30. The number of carbonyl (C=O) groups is 1. The molecule has 2 rings (SSSR count). The molecule has 0 unspecified atom stereocenters. The van der Waals surface area contributed by atoms with Crippen LogP contribution in [-0.4, -0.2) is 5.78 Å². The summed E-state index contributed by atoms with van der Waals surface area (Å²) < 4.78 is 0. The second kappa shape index (κ2) is 6.07. The lowest BCUT2D eigenvalue weighted by molar-refractivity contribution is 0.0985. The van der Waals surface area contributed by atoms with Gasteiger partial charge in [-0.1, -0.05) is 49.0 Å². The van der Waals surface area contributed by atoms with Crippen LogP contribution in [0, 0.1) is 13.8 Å². The molecular weight excluding hydrogens is 252 g/mol. The fourth-order valence-electron chi connectivity index (χ4n) is 1.91. The molecule has 19 heavy (non-hydrogen) atoms. The average molecular weight is 270 g/mol. The van der Waals surface area contributed by atoms with E-state index in [1.807, 2.05) is 31.2 Å². The van der Waals surface area contributed by atoms with Crippen molar-refractivity contribution in [3.05, 3.63) is 59.2 Å². The van der Waals surface area contributed by atoms with Crippen molar-refractivity contribution in [2.24, 2.45) is 0 Å². The number of rotatable bonds is 4. The molecule has 0 radical (unpaired) electrons. The van der Waals surface area contributed by atoms with Gasteiger partial charge in [-0.3, -0.25) is 4.79 Å². The molecule has 2 aromatic carbocycles. The highest BCUT2D eigenvalue weighted by atomic mass is 32.2. The number of hydrogen-bond acceptors (Lipinski definition) is 2. The molecule has 0 aromatic heterocycles. The smallest absolute Gasteiger partial charge is 0.163 e. The van der Waals surface area contributed by atoms with E-state index in [4.69, 9.17) is 0 Å². The first-order chi connectivity index (χ1) is 9.11. The van der Waals surface area contributed by atoms with Gasteiger partial charge in [0.1, 0.15) is 0 Å². The van der Waals surface area contributed by atoms with Crippen molar-refractivity contribution in [2.75, 3.05) is 0 Å². The highest BCUT2D eigenvalue weighted by Gasteiger charge is 2.11. The van der Waals surface area contributed by atoms with Crippen molar-refractivity contribution < 1.29 is 4.79 Å². The van der Waals surface area contributed by atoms with Crippen molar-refractivity contribution >= 4 is 17.5 Å². The van der Waals surface area contributed by atoms with Crippen LogP contribution in [0.15, 0.2) is 52.3 Å². The maximum Gasteiger partial charge on any atom is 0.163 e. The van der Waals surface area contributed by atoms with Gasteiger partial charge >= 0.3 is 0 Å².